The summed E-state index contributed by atoms with van der Waals surface area (Å²) in [6, 6.07) is 6.04. The fraction of sp³-hybridized carbons (Fsp3) is 0.333. The standard InChI is InChI=1S/C12H16N2O5S/c1-19-12(16)8-11(15)14-7-6-9-2-4-10(5-3-9)20(13,17)18/h2-5H,6-8H2,1H3,(H,14,15)(H2,13,17,18). The van der Waals surface area contributed by atoms with E-state index in [4.69, 9.17) is 5.14 Å². The highest BCUT2D eigenvalue weighted by Crippen LogP contribution is 2.08. The van der Waals surface area contributed by atoms with E-state index in [9.17, 15) is 18.0 Å². The molecule has 1 amide bonds. The molecular weight excluding hydrogens is 284 g/mol. The molecule has 0 spiro atoms. The van der Waals surface area contributed by atoms with Crippen LogP contribution in [0.3, 0.4) is 0 Å². The van der Waals surface area contributed by atoms with Gasteiger partial charge in [-0.2, -0.15) is 0 Å². The van der Waals surface area contributed by atoms with Gasteiger partial charge in [-0.3, -0.25) is 9.59 Å². The lowest BCUT2D eigenvalue weighted by Crippen LogP contribution is -2.28. The Morgan fingerprint density at radius 3 is 2.35 bits per heavy atom. The molecule has 3 N–H and O–H groups in total. The number of amides is 1. The number of ether oxygens (including phenoxy) is 1. The highest BCUT2D eigenvalue weighted by molar-refractivity contribution is 7.89. The summed E-state index contributed by atoms with van der Waals surface area (Å²) < 4.78 is 26.5. The molecule has 0 aliphatic rings. The molecule has 0 saturated heterocycles. The highest BCUT2D eigenvalue weighted by atomic mass is 32.2. The molecule has 0 heterocycles. The third-order valence-electron chi connectivity index (χ3n) is 2.52. The Morgan fingerprint density at radius 1 is 1.25 bits per heavy atom. The fourth-order valence-corrected chi connectivity index (χ4v) is 1.97. The number of nitrogens with one attached hydrogen (secondary N) is 1. The van der Waals surface area contributed by atoms with Crippen molar-refractivity contribution in [3.63, 3.8) is 0 Å². The first-order chi connectivity index (χ1) is 9.32. The van der Waals surface area contributed by atoms with Crippen molar-refractivity contribution in [3.05, 3.63) is 29.8 Å². The average Bonchev–Trinajstić information content (AvgIpc) is 2.38. The number of carbonyl (C=O) groups is 2. The van der Waals surface area contributed by atoms with Crippen molar-refractivity contribution in [3.8, 4) is 0 Å². The number of esters is 1. The lowest BCUT2D eigenvalue weighted by atomic mass is 10.1. The van der Waals surface area contributed by atoms with Crippen LogP contribution in [-0.4, -0.2) is 33.9 Å². The van der Waals surface area contributed by atoms with Crippen LogP contribution < -0.4 is 10.5 Å². The topological polar surface area (TPSA) is 116 Å². The molecule has 1 aromatic carbocycles. The van der Waals surface area contributed by atoms with Crippen LogP contribution in [0.5, 0.6) is 0 Å². The fourth-order valence-electron chi connectivity index (χ4n) is 1.46. The second-order valence-corrected chi connectivity index (χ2v) is 5.60. The number of primary sulfonamides is 1. The lowest BCUT2D eigenvalue weighted by Gasteiger charge is -2.05. The third kappa shape index (κ3) is 5.37. The SMILES string of the molecule is COC(=O)CC(=O)NCCc1ccc(S(N)(=O)=O)cc1. The minimum atomic E-state index is -3.69. The van der Waals surface area contributed by atoms with Crippen molar-refractivity contribution >= 4 is 21.9 Å². The molecule has 20 heavy (non-hydrogen) atoms. The van der Waals surface area contributed by atoms with Gasteiger partial charge >= 0.3 is 5.97 Å². The smallest absolute Gasteiger partial charge is 0.315 e. The van der Waals surface area contributed by atoms with Crippen LogP contribution in [0.1, 0.15) is 12.0 Å². The first-order valence-corrected chi connectivity index (χ1v) is 7.33. The molecule has 0 aliphatic heterocycles. The van der Waals surface area contributed by atoms with Crippen molar-refractivity contribution < 1.29 is 22.7 Å². The summed E-state index contributed by atoms with van der Waals surface area (Å²) in [6.07, 6.45) is 0.193. The Labute approximate surface area is 117 Å². The number of rotatable bonds is 6. The predicted octanol–water partition coefficient (Wildman–Crippen LogP) is -0.444. The van der Waals surface area contributed by atoms with E-state index < -0.39 is 21.9 Å². The van der Waals surface area contributed by atoms with Gasteiger partial charge in [0, 0.05) is 6.54 Å². The molecule has 0 saturated carbocycles. The van der Waals surface area contributed by atoms with Gasteiger partial charge in [0.2, 0.25) is 15.9 Å². The third-order valence-corrected chi connectivity index (χ3v) is 3.45. The largest absolute Gasteiger partial charge is 0.469 e. The van der Waals surface area contributed by atoms with E-state index in [1.165, 1.54) is 19.2 Å². The van der Waals surface area contributed by atoms with E-state index in [0.29, 0.717) is 13.0 Å². The maximum Gasteiger partial charge on any atom is 0.315 e. The van der Waals surface area contributed by atoms with Crippen molar-refractivity contribution in [2.24, 2.45) is 5.14 Å². The number of hydrogen-bond donors (Lipinski definition) is 2. The summed E-state index contributed by atoms with van der Waals surface area (Å²) in [5.41, 5.74) is 0.843. The van der Waals surface area contributed by atoms with Crippen LogP contribution in [0.25, 0.3) is 0 Å². The van der Waals surface area contributed by atoms with Crippen molar-refractivity contribution in [2.45, 2.75) is 17.7 Å². The van der Waals surface area contributed by atoms with Gasteiger partial charge in [0.1, 0.15) is 6.42 Å². The lowest BCUT2D eigenvalue weighted by molar-refractivity contribution is -0.143. The molecule has 110 valence electrons. The first kappa shape index (κ1) is 16.1. The van der Waals surface area contributed by atoms with Crippen LogP contribution >= 0.6 is 0 Å². The number of sulfonamides is 1. The molecule has 1 rings (SSSR count). The Bertz CT molecular complexity index is 580. The van der Waals surface area contributed by atoms with Crippen LogP contribution in [0.2, 0.25) is 0 Å². The highest BCUT2D eigenvalue weighted by Gasteiger charge is 2.09. The quantitative estimate of drug-likeness (QED) is 0.545. The molecule has 0 radical (unpaired) electrons. The molecule has 0 atom stereocenters. The maximum absolute atomic E-state index is 11.3. The van der Waals surface area contributed by atoms with Gasteiger partial charge in [-0.1, -0.05) is 12.1 Å². The summed E-state index contributed by atoms with van der Waals surface area (Å²) in [7, 11) is -2.48. The predicted molar refractivity (Wildman–Crippen MR) is 71.2 cm³/mol. The zero-order valence-electron chi connectivity index (χ0n) is 11.0. The van der Waals surface area contributed by atoms with Gasteiger partial charge in [0.25, 0.3) is 0 Å². The number of nitrogens with two attached hydrogens (primary N) is 1. The number of benzene rings is 1. The molecule has 7 nitrogen and oxygen atoms in total. The van der Waals surface area contributed by atoms with Crippen molar-refractivity contribution in [2.75, 3.05) is 13.7 Å². The molecule has 8 heteroatoms. The van der Waals surface area contributed by atoms with E-state index in [-0.39, 0.29) is 11.3 Å². The number of methoxy groups -OCH3 is 1. The number of carbonyl (C=O) groups excluding carboxylic acids is 2. The maximum atomic E-state index is 11.3. The summed E-state index contributed by atoms with van der Waals surface area (Å²) in [6.45, 7) is 0.338. The Morgan fingerprint density at radius 2 is 1.85 bits per heavy atom. The van der Waals surface area contributed by atoms with E-state index in [1.807, 2.05) is 0 Å². The Hall–Kier alpha value is -1.93. The molecule has 0 aliphatic carbocycles. The van der Waals surface area contributed by atoms with Gasteiger partial charge in [-0.05, 0) is 24.1 Å². The monoisotopic (exact) mass is 300 g/mol. The van der Waals surface area contributed by atoms with E-state index in [2.05, 4.69) is 10.1 Å². The van der Waals surface area contributed by atoms with Gasteiger partial charge in [0.05, 0.1) is 12.0 Å². The van der Waals surface area contributed by atoms with Crippen molar-refractivity contribution in [1.29, 1.82) is 0 Å². The summed E-state index contributed by atoms with van der Waals surface area (Å²) >= 11 is 0. The van der Waals surface area contributed by atoms with E-state index in [0.717, 1.165) is 5.56 Å². The minimum Gasteiger partial charge on any atom is -0.469 e. The average molecular weight is 300 g/mol. The van der Waals surface area contributed by atoms with Crippen LogP contribution in [0, 0.1) is 0 Å². The van der Waals surface area contributed by atoms with Crippen LogP contribution in [-0.2, 0) is 30.8 Å². The van der Waals surface area contributed by atoms with E-state index in [1.54, 1.807) is 12.1 Å². The first-order valence-electron chi connectivity index (χ1n) is 5.78. The van der Waals surface area contributed by atoms with Crippen molar-refractivity contribution in [1.82, 2.24) is 5.32 Å². The van der Waals surface area contributed by atoms with E-state index >= 15 is 0 Å². The van der Waals surface area contributed by atoms with Gasteiger partial charge in [-0.25, -0.2) is 13.6 Å². The Kier molecular flexibility index (Phi) is 5.66. The Balaban J connectivity index is 2.43. The van der Waals surface area contributed by atoms with Gasteiger partial charge in [-0.15, -0.1) is 0 Å². The summed E-state index contributed by atoms with van der Waals surface area (Å²) in [5.74, 6) is -1.02. The molecular formula is C12H16N2O5S. The zero-order chi connectivity index (χ0) is 15.2. The summed E-state index contributed by atoms with van der Waals surface area (Å²) in [5, 5.41) is 7.54. The molecule has 0 aromatic heterocycles. The van der Waals surface area contributed by atoms with Crippen LogP contribution in [0.4, 0.5) is 0 Å². The molecule has 0 fully saturated rings. The normalized spacial score (nSPS) is 10.9. The van der Waals surface area contributed by atoms with Crippen LogP contribution in [0.15, 0.2) is 29.2 Å². The summed E-state index contributed by atoms with van der Waals surface area (Å²) in [4.78, 5) is 22.2. The second-order valence-electron chi connectivity index (χ2n) is 4.04. The minimum absolute atomic E-state index is 0.0379. The molecule has 1 aromatic rings. The molecule has 0 bridgehead atoms. The molecule has 0 unspecified atom stereocenters. The second kappa shape index (κ2) is 7.01. The van der Waals surface area contributed by atoms with Gasteiger partial charge in [0.15, 0.2) is 0 Å². The van der Waals surface area contributed by atoms with Gasteiger partial charge < -0.3 is 10.1 Å². The number of hydrogen-bond acceptors (Lipinski definition) is 5. The zero-order valence-corrected chi connectivity index (χ0v) is 11.8.